The lowest BCUT2D eigenvalue weighted by Crippen LogP contribution is -2.41. The molecule has 1 aliphatic heterocycles. The molecular weight excluding hydrogens is 444 g/mol. The molecule has 162 valence electrons. The van der Waals surface area contributed by atoms with Crippen molar-refractivity contribution in [2.75, 3.05) is 13.2 Å². The Morgan fingerprint density at radius 2 is 2.03 bits per heavy atom. The van der Waals surface area contributed by atoms with Crippen molar-refractivity contribution in [1.29, 1.82) is 0 Å². The molecule has 0 N–H and O–H groups in total. The third-order valence-corrected chi connectivity index (χ3v) is 11.7. The zero-order valence-electron chi connectivity index (χ0n) is 19.1. The van der Waals surface area contributed by atoms with E-state index in [1.165, 1.54) is 22.9 Å². The number of fused-ring (bicyclic) bond motifs is 1. The number of aromatic nitrogens is 2. The second-order valence-electron chi connectivity index (χ2n) is 10.2. The number of nitrogens with zero attached hydrogens (tertiary/aromatic N) is 2. The minimum absolute atomic E-state index is 0.0553. The summed E-state index contributed by atoms with van der Waals surface area (Å²) in [6.45, 7) is 17.7. The first-order valence-electron chi connectivity index (χ1n) is 10.9. The number of aryl methyl sites for hydroxylation is 1. The number of ether oxygens (including phenoxy) is 1. The summed E-state index contributed by atoms with van der Waals surface area (Å²) in [6.07, 6.45) is 4.46. The fourth-order valence-electron chi connectivity index (χ4n) is 3.65. The van der Waals surface area contributed by atoms with Gasteiger partial charge in [-0.05, 0) is 95.8 Å². The van der Waals surface area contributed by atoms with E-state index >= 15 is 0 Å². The van der Waals surface area contributed by atoms with Crippen LogP contribution in [0.25, 0.3) is 10.9 Å². The van der Waals surface area contributed by atoms with Crippen LogP contribution in [0.1, 0.15) is 64.3 Å². The highest BCUT2D eigenvalue weighted by atomic mass is 79.9. The summed E-state index contributed by atoms with van der Waals surface area (Å²) in [5.74, 6) is 0.482. The van der Waals surface area contributed by atoms with Crippen molar-refractivity contribution < 1.29 is 9.16 Å². The Balaban J connectivity index is 1.76. The van der Waals surface area contributed by atoms with Gasteiger partial charge in [0.2, 0.25) is 0 Å². The molecule has 1 aliphatic rings. The van der Waals surface area contributed by atoms with Crippen molar-refractivity contribution in [1.82, 2.24) is 9.78 Å². The fourth-order valence-corrected chi connectivity index (χ4v) is 5.27. The highest BCUT2D eigenvalue weighted by Crippen LogP contribution is 2.37. The lowest BCUT2D eigenvalue weighted by Gasteiger charge is -2.37. The van der Waals surface area contributed by atoms with Crippen molar-refractivity contribution >= 4 is 35.2 Å². The number of rotatable bonds is 6. The molecule has 2 heterocycles. The molecule has 0 bridgehead atoms. The van der Waals surface area contributed by atoms with E-state index < -0.39 is 8.32 Å². The largest absolute Gasteiger partial charge is 0.417 e. The summed E-state index contributed by atoms with van der Waals surface area (Å²) in [7, 11) is -1.70. The van der Waals surface area contributed by atoms with Crippen LogP contribution < -0.4 is 0 Å². The molecule has 1 saturated heterocycles. The molecule has 2 atom stereocenters. The summed E-state index contributed by atoms with van der Waals surface area (Å²) in [4.78, 5) is 0. The number of hydrogen-bond donors (Lipinski definition) is 0. The molecule has 29 heavy (non-hydrogen) atoms. The minimum atomic E-state index is -1.70. The lowest BCUT2D eigenvalue weighted by atomic mass is 9.96. The normalized spacial score (nSPS) is 19.7. The number of benzene rings is 1. The van der Waals surface area contributed by atoms with E-state index in [4.69, 9.17) is 14.3 Å². The van der Waals surface area contributed by atoms with Crippen LogP contribution in [-0.2, 0) is 15.6 Å². The Labute approximate surface area is 185 Å². The Hall–Kier alpha value is -0.693. The Morgan fingerprint density at radius 1 is 1.31 bits per heavy atom. The average molecular weight is 482 g/mol. The molecule has 1 aromatic carbocycles. The topological polar surface area (TPSA) is 36.3 Å². The molecule has 0 aliphatic carbocycles. The molecular formula is C23H37BrN2O2Si. The first-order valence-corrected chi connectivity index (χ1v) is 14.6. The van der Waals surface area contributed by atoms with Gasteiger partial charge in [0.25, 0.3) is 0 Å². The summed E-state index contributed by atoms with van der Waals surface area (Å²) in [5, 5.41) is 6.19. The quantitative estimate of drug-likeness (QED) is 0.417. The van der Waals surface area contributed by atoms with Crippen LogP contribution in [0.3, 0.4) is 0 Å². The van der Waals surface area contributed by atoms with Gasteiger partial charge in [-0.1, -0.05) is 27.7 Å². The van der Waals surface area contributed by atoms with E-state index in [9.17, 15) is 0 Å². The molecule has 0 amide bonds. The maximum Gasteiger partial charge on any atom is 0.191 e. The van der Waals surface area contributed by atoms with Crippen molar-refractivity contribution in [2.45, 2.75) is 84.7 Å². The van der Waals surface area contributed by atoms with Gasteiger partial charge in [0.15, 0.2) is 14.5 Å². The molecule has 4 nitrogen and oxygen atoms in total. The third-order valence-electron chi connectivity index (χ3n) is 6.65. The fraction of sp³-hybridized carbons (Fsp3) is 0.696. The van der Waals surface area contributed by atoms with Gasteiger partial charge in [0.1, 0.15) is 4.60 Å². The first kappa shape index (κ1) is 23.0. The van der Waals surface area contributed by atoms with E-state index in [0.717, 1.165) is 42.6 Å². The highest BCUT2D eigenvalue weighted by molar-refractivity contribution is 9.10. The van der Waals surface area contributed by atoms with Crippen molar-refractivity contribution in [2.24, 2.45) is 5.92 Å². The molecule has 0 saturated carbocycles. The van der Waals surface area contributed by atoms with Crippen LogP contribution in [0.4, 0.5) is 0 Å². The predicted octanol–water partition coefficient (Wildman–Crippen LogP) is 7.01. The van der Waals surface area contributed by atoms with Crippen molar-refractivity contribution in [3.63, 3.8) is 0 Å². The number of halogens is 1. The SMILES string of the molecule is Cc1cc2c(cc1CC(C)CO[Si](C)(C)C(C)(C)C)c(Br)nn2C1CCCCO1. The van der Waals surface area contributed by atoms with Crippen LogP contribution in [0.2, 0.25) is 18.1 Å². The van der Waals surface area contributed by atoms with Gasteiger partial charge in [-0.25, -0.2) is 4.68 Å². The van der Waals surface area contributed by atoms with Crippen LogP contribution >= 0.6 is 15.9 Å². The molecule has 3 rings (SSSR count). The van der Waals surface area contributed by atoms with Gasteiger partial charge in [0, 0.05) is 18.6 Å². The van der Waals surface area contributed by atoms with Crippen LogP contribution in [0.5, 0.6) is 0 Å². The number of hydrogen-bond acceptors (Lipinski definition) is 3. The average Bonchev–Trinajstić information content (AvgIpc) is 2.96. The highest BCUT2D eigenvalue weighted by Gasteiger charge is 2.37. The summed E-state index contributed by atoms with van der Waals surface area (Å²) < 4.78 is 15.4. The zero-order valence-corrected chi connectivity index (χ0v) is 21.7. The maximum absolute atomic E-state index is 6.46. The lowest BCUT2D eigenvalue weighted by molar-refractivity contribution is -0.0368. The molecule has 0 radical (unpaired) electrons. The Bertz CT molecular complexity index is 851. The maximum atomic E-state index is 6.46. The summed E-state index contributed by atoms with van der Waals surface area (Å²) in [6, 6.07) is 4.59. The monoisotopic (exact) mass is 480 g/mol. The smallest absolute Gasteiger partial charge is 0.191 e. The molecule has 2 aromatic rings. The van der Waals surface area contributed by atoms with Crippen molar-refractivity contribution in [3.8, 4) is 0 Å². The second-order valence-corrected chi connectivity index (χ2v) is 15.8. The molecule has 0 spiro atoms. The van der Waals surface area contributed by atoms with E-state index in [2.05, 4.69) is 80.5 Å². The van der Waals surface area contributed by atoms with Gasteiger partial charge in [-0.2, -0.15) is 5.10 Å². The standard InChI is InChI=1S/C23H37BrN2O2Si/c1-16(15-28-29(6,7)23(3,4)5)12-18-14-19-20(13-17(18)2)26(25-22(19)24)21-10-8-9-11-27-21/h13-14,16,21H,8-12,15H2,1-7H3. The van der Waals surface area contributed by atoms with Gasteiger partial charge >= 0.3 is 0 Å². The van der Waals surface area contributed by atoms with Gasteiger partial charge < -0.3 is 9.16 Å². The minimum Gasteiger partial charge on any atom is -0.417 e. The third kappa shape index (κ3) is 5.14. The molecule has 1 fully saturated rings. The Morgan fingerprint density at radius 3 is 2.66 bits per heavy atom. The first-order chi connectivity index (χ1) is 13.5. The molecule has 1 aromatic heterocycles. The van der Waals surface area contributed by atoms with Crippen molar-refractivity contribution in [3.05, 3.63) is 27.9 Å². The Kier molecular flexibility index (Phi) is 6.98. The van der Waals surface area contributed by atoms with Crippen LogP contribution in [0.15, 0.2) is 16.7 Å². The summed E-state index contributed by atoms with van der Waals surface area (Å²) >= 11 is 3.68. The van der Waals surface area contributed by atoms with E-state index in [0.29, 0.717) is 5.92 Å². The van der Waals surface area contributed by atoms with Gasteiger partial charge in [0.05, 0.1) is 5.52 Å². The second kappa shape index (κ2) is 8.81. The summed E-state index contributed by atoms with van der Waals surface area (Å²) in [5.41, 5.74) is 3.87. The van der Waals surface area contributed by atoms with Gasteiger partial charge in [-0.15, -0.1) is 0 Å². The van der Waals surface area contributed by atoms with Crippen LogP contribution in [-0.4, -0.2) is 31.3 Å². The van der Waals surface area contributed by atoms with E-state index in [1.807, 2.05) is 0 Å². The molecule has 2 unspecified atom stereocenters. The zero-order chi connectivity index (χ0) is 21.4. The molecule has 6 heteroatoms. The van der Waals surface area contributed by atoms with E-state index in [-0.39, 0.29) is 11.3 Å². The van der Waals surface area contributed by atoms with E-state index in [1.54, 1.807) is 0 Å². The van der Waals surface area contributed by atoms with Gasteiger partial charge in [-0.3, -0.25) is 0 Å². The predicted molar refractivity (Wildman–Crippen MR) is 127 cm³/mol. The van der Waals surface area contributed by atoms with Crippen LogP contribution in [0, 0.1) is 12.8 Å².